The maximum atomic E-state index is 10.4. The van der Waals surface area contributed by atoms with Crippen LogP contribution in [0.3, 0.4) is 0 Å². The summed E-state index contributed by atoms with van der Waals surface area (Å²) in [6, 6.07) is 1.70. The molecule has 1 unspecified atom stereocenters. The molecule has 0 fully saturated rings. The molecule has 0 aliphatic rings. The van der Waals surface area contributed by atoms with Crippen LogP contribution in [0.25, 0.3) is 0 Å². The quantitative estimate of drug-likeness (QED) is 0.595. The molecule has 56 valence electrons. The van der Waals surface area contributed by atoms with Crippen molar-refractivity contribution in [3.63, 3.8) is 0 Å². The molecular formula is C5H8N2O2S. The van der Waals surface area contributed by atoms with Gasteiger partial charge in [0.2, 0.25) is 0 Å². The smallest absolute Gasteiger partial charge is 0.265 e. The van der Waals surface area contributed by atoms with Gasteiger partial charge in [-0.2, -0.15) is 0 Å². The van der Waals surface area contributed by atoms with Crippen LogP contribution in [0, 0.1) is 0 Å². The van der Waals surface area contributed by atoms with Gasteiger partial charge in [0.25, 0.3) is 11.3 Å². The molecule has 0 aliphatic heterocycles. The highest BCUT2D eigenvalue weighted by Crippen LogP contribution is 1.99. The van der Waals surface area contributed by atoms with E-state index < -0.39 is 11.3 Å². The molecule has 0 radical (unpaired) electrons. The van der Waals surface area contributed by atoms with Gasteiger partial charge in [-0.1, -0.05) is 0 Å². The standard InChI is InChI=1S/C5H8N2O2S/c6-3-5-1-2-7(4-5)10(8)9/h1-2,4H,3,6H2,(H,8,9). The molecule has 1 aromatic heterocycles. The first-order valence-electron chi connectivity index (χ1n) is 2.72. The molecule has 0 spiro atoms. The predicted molar refractivity (Wildman–Crippen MR) is 38.5 cm³/mol. The van der Waals surface area contributed by atoms with E-state index in [0.29, 0.717) is 6.54 Å². The van der Waals surface area contributed by atoms with Crippen LogP contribution in [0.1, 0.15) is 5.56 Å². The fraction of sp³-hybridized carbons (Fsp3) is 0.200. The van der Waals surface area contributed by atoms with Crippen molar-refractivity contribution in [2.75, 3.05) is 0 Å². The summed E-state index contributed by atoms with van der Waals surface area (Å²) in [6.45, 7) is 0.393. The molecule has 5 heteroatoms. The van der Waals surface area contributed by atoms with Gasteiger partial charge >= 0.3 is 0 Å². The second kappa shape index (κ2) is 2.96. The lowest BCUT2D eigenvalue weighted by Crippen LogP contribution is -1.99. The van der Waals surface area contributed by atoms with Crippen molar-refractivity contribution in [3.8, 4) is 0 Å². The van der Waals surface area contributed by atoms with Crippen molar-refractivity contribution >= 4 is 11.3 Å². The molecule has 4 nitrogen and oxygen atoms in total. The van der Waals surface area contributed by atoms with Crippen molar-refractivity contribution in [2.45, 2.75) is 6.54 Å². The lowest BCUT2D eigenvalue weighted by molar-refractivity contribution is 0.555. The number of hydrogen-bond donors (Lipinski definition) is 2. The van der Waals surface area contributed by atoms with Crippen LogP contribution in [0.2, 0.25) is 0 Å². The van der Waals surface area contributed by atoms with Gasteiger partial charge in [0.05, 0.1) is 0 Å². The van der Waals surface area contributed by atoms with Crippen molar-refractivity contribution in [3.05, 3.63) is 24.0 Å². The van der Waals surface area contributed by atoms with Gasteiger partial charge in [0, 0.05) is 18.9 Å². The normalized spacial score (nSPS) is 13.4. The Bertz CT molecular complexity index is 246. The second-order valence-corrected chi connectivity index (χ2v) is 2.70. The van der Waals surface area contributed by atoms with Crippen molar-refractivity contribution < 1.29 is 8.76 Å². The number of hydrogen-bond acceptors (Lipinski definition) is 2. The van der Waals surface area contributed by atoms with E-state index in [1.807, 2.05) is 0 Å². The third-order valence-corrected chi connectivity index (χ3v) is 1.73. The van der Waals surface area contributed by atoms with E-state index in [2.05, 4.69) is 0 Å². The van der Waals surface area contributed by atoms with Gasteiger partial charge in [-0.15, -0.1) is 0 Å². The van der Waals surface area contributed by atoms with Crippen molar-refractivity contribution in [2.24, 2.45) is 5.73 Å². The topological polar surface area (TPSA) is 68.2 Å². The highest BCUT2D eigenvalue weighted by molar-refractivity contribution is 7.77. The van der Waals surface area contributed by atoms with Crippen LogP contribution < -0.4 is 5.73 Å². The number of rotatable bonds is 2. The van der Waals surface area contributed by atoms with Gasteiger partial charge in [-0.05, 0) is 11.6 Å². The van der Waals surface area contributed by atoms with Crippen molar-refractivity contribution in [1.82, 2.24) is 3.97 Å². The monoisotopic (exact) mass is 160 g/mol. The second-order valence-electron chi connectivity index (χ2n) is 1.81. The minimum Gasteiger partial charge on any atom is -0.326 e. The van der Waals surface area contributed by atoms with Crippen molar-refractivity contribution in [1.29, 1.82) is 0 Å². The first-order chi connectivity index (χ1) is 4.74. The van der Waals surface area contributed by atoms with Gasteiger partial charge in [-0.3, -0.25) is 8.53 Å². The zero-order valence-corrected chi connectivity index (χ0v) is 6.04. The van der Waals surface area contributed by atoms with Gasteiger partial charge in [0.1, 0.15) is 0 Å². The SMILES string of the molecule is NCc1ccn(S(=O)O)c1. The highest BCUT2D eigenvalue weighted by Gasteiger charge is 1.97. The molecule has 3 N–H and O–H groups in total. The average molecular weight is 160 g/mol. The first kappa shape index (κ1) is 7.46. The van der Waals surface area contributed by atoms with E-state index >= 15 is 0 Å². The molecule has 1 atom stereocenters. The average Bonchev–Trinajstić information content (AvgIpc) is 2.34. The van der Waals surface area contributed by atoms with Crippen LogP contribution in [-0.2, 0) is 17.8 Å². The Morgan fingerprint density at radius 1 is 1.80 bits per heavy atom. The summed E-state index contributed by atoms with van der Waals surface area (Å²) in [5.41, 5.74) is 6.12. The summed E-state index contributed by atoms with van der Waals surface area (Å²) in [5, 5.41) is 0. The van der Waals surface area contributed by atoms with Crippen LogP contribution >= 0.6 is 0 Å². The van der Waals surface area contributed by atoms with Crippen LogP contribution in [0.5, 0.6) is 0 Å². The zero-order chi connectivity index (χ0) is 7.56. The van der Waals surface area contributed by atoms with E-state index in [1.54, 1.807) is 6.07 Å². The molecule has 1 heterocycles. The summed E-state index contributed by atoms with van der Waals surface area (Å²) in [6.07, 6.45) is 3.05. The molecule has 10 heavy (non-hydrogen) atoms. The summed E-state index contributed by atoms with van der Waals surface area (Å²) >= 11 is -1.95. The largest absolute Gasteiger partial charge is 0.326 e. The summed E-state index contributed by atoms with van der Waals surface area (Å²) < 4.78 is 20.1. The fourth-order valence-electron chi connectivity index (χ4n) is 0.637. The minimum atomic E-state index is -1.95. The van der Waals surface area contributed by atoms with Gasteiger partial charge < -0.3 is 5.73 Å². The van der Waals surface area contributed by atoms with E-state index in [9.17, 15) is 4.21 Å². The minimum absolute atomic E-state index is 0.393. The summed E-state index contributed by atoms with van der Waals surface area (Å²) in [4.78, 5) is 0. The molecule has 0 saturated carbocycles. The van der Waals surface area contributed by atoms with E-state index in [4.69, 9.17) is 10.3 Å². The first-order valence-corrected chi connectivity index (χ1v) is 3.78. The fourth-order valence-corrected chi connectivity index (χ4v) is 1.03. The number of aromatic nitrogens is 1. The summed E-state index contributed by atoms with van der Waals surface area (Å²) in [7, 11) is 0. The Morgan fingerprint density at radius 3 is 2.80 bits per heavy atom. The Hall–Kier alpha value is -0.650. The molecular weight excluding hydrogens is 152 g/mol. The maximum Gasteiger partial charge on any atom is 0.265 e. The molecule has 1 rings (SSSR count). The van der Waals surface area contributed by atoms with Crippen LogP contribution in [-0.4, -0.2) is 12.7 Å². The molecule has 0 aliphatic carbocycles. The molecule has 0 amide bonds. The van der Waals surface area contributed by atoms with Crippen LogP contribution in [0.15, 0.2) is 18.5 Å². The van der Waals surface area contributed by atoms with E-state index in [1.165, 1.54) is 16.4 Å². The van der Waals surface area contributed by atoms with E-state index in [0.717, 1.165) is 5.56 Å². The van der Waals surface area contributed by atoms with Gasteiger partial charge in [0.15, 0.2) is 0 Å². The molecule has 0 bridgehead atoms. The Morgan fingerprint density at radius 2 is 2.50 bits per heavy atom. The lowest BCUT2D eigenvalue weighted by Gasteiger charge is -1.90. The summed E-state index contributed by atoms with van der Waals surface area (Å²) in [5.74, 6) is 0. The number of nitrogens with zero attached hydrogens (tertiary/aromatic N) is 1. The van der Waals surface area contributed by atoms with Gasteiger partial charge in [-0.25, -0.2) is 4.21 Å². The molecule has 0 saturated heterocycles. The third kappa shape index (κ3) is 1.44. The van der Waals surface area contributed by atoms with E-state index in [-0.39, 0.29) is 0 Å². The Labute approximate surface area is 61.1 Å². The number of nitrogens with two attached hydrogens (primary N) is 1. The molecule has 1 aromatic rings. The highest BCUT2D eigenvalue weighted by atomic mass is 32.2. The van der Waals surface area contributed by atoms with Crippen LogP contribution in [0.4, 0.5) is 0 Å². The zero-order valence-electron chi connectivity index (χ0n) is 5.23. The Balaban J connectivity index is 2.88. The third-order valence-electron chi connectivity index (χ3n) is 1.14. The lowest BCUT2D eigenvalue weighted by atomic mass is 10.4. The predicted octanol–water partition coefficient (Wildman–Crippen LogP) is -0.0684. The molecule has 0 aromatic carbocycles. The maximum absolute atomic E-state index is 10.4. The Kier molecular flexibility index (Phi) is 2.21.